The second-order valence-electron chi connectivity index (χ2n) is 5.85. The van der Waals surface area contributed by atoms with Crippen molar-refractivity contribution < 1.29 is 14.3 Å². The van der Waals surface area contributed by atoms with Crippen molar-refractivity contribution in [2.24, 2.45) is 0 Å². The zero-order valence-electron chi connectivity index (χ0n) is 13.9. The topological polar surface area (TPSA) is 61.9 Å². The molecule has 1 aromatic carbocycles. The van der Waals surface area contributed by atoms with E-state index in [1.807, 2.05) is 13.8 Å². The molecule has 8 heteroatoms. The molecule has 1 heterocycles. The third-order valence-electron chi connectivity index (χ3n) is 3.71. The highest BCUT2D eigenvalue weighted by molar-refractivity contribution is 6.36. The van der Waals surface area contributed by atoms with Gasteiger partial charge in [0.05, 0.1) is 17.7 Å². The van der Waals surface area contributed by atoms with Gasteiger partial charge in [0.25, 0.3) is 5.91 Å². The molecule has 6 nitrogen and oxygen atoms in total. The number of rotatable bonds is 3. The quantitative estimate of drug-likeness (QED) is 0.885. The van der Waals surface area contributed by atoms with E-state index >= 15 is 0 Å². The molecule has 0 radical (unpaired) electrons. The second kappa shape index (κ2) is 7.94. The van der Waals surface area contributed by atoms with Crippen molar-refractivity contribution in [1.29, 1.82) is 0 Å². The van der Waals surface area contributed by atoms with Crippen molar-refractivity contribution in [3.05, 3.63) is 27.7 Å². The fourth-order valence-electron chi connectivity index (χ4n) is 2.55. The van der Waals surface area contributed by atoms with E-state index in [0.29, 0.717) is 47.5 Å². The van der Waals surface area contributed by atoms with Gasteiger partial charge in [0, 0.05) is 37.2 Å². The number of piperazine rings is 1. The monoisotopic (exact) mass is 373 g/mol. The van der Waals surface area contributed by atoms with Gasteiger partial charge in [0.2, 0.25) is 0 Å². The first-order valence-electron chi connectivity index (χ1n) is 7.71. The van der Waals surface area contributed by atoms with E-state index in [0.717, 1.165) is 0 Å². The van der Waals surface area contributed by atoms with Gasteiger partial charge in [-0.15, -0.1) is 0 Å². The summed E-state index contributed by atoms with van der Waals surface area (Å²) in [6.07, 6.45) is 0. The number of amides is 3. The number of carbonyl (C=O) groups excluding carboxylic acids is 2. The molecule has 1 aromatic rings. The van der Waals surface area contributed by atoms with Crippen LogP contribution in [0.3, 0.4) is 0 Å². The van der Waals surface area contributed by atoms with Crippen LogP contribution in [0.5, 0.6) is 5.75 Å². The molecule has 0 aliphatic carbocycles. The smallest absolute Gasteiger partial charge is 0.317 e. The van der Waals surface area contributed by atoms with Gasteiger partial charge in [0.15, 0.2) is 0 Å². The number of nitrogens with one attached hydrogen (secondary N) is 1. The standard InChI is InChI=1S/C16H21Cl2N3O3/c1-10(2)19-16(23)21-6-4-20(5-7-21)15(22)12-8-11(17)9-13(18)14(12)24-3/h8-10H,4-7H2,1-3H3,(H,19,23). The van der Waals surface area contributed by atoms with Crippen LogP contribution in [-0.4, -0.2) is 61.1 Å². The molecule has 1 N–H and O–H groups in total. The molecule has 132 valence electrons. The number of ether oxygens (including phenoxy) is 1. The highest BCUT2D eigenvalue weighted by Gasteiger charge is 2.27. The lowest BCUT2D eigenvalue weighted by Gasteiger charge is -2.35. The Kier molecular flexibility index (Phi) is 6.18. The highest BCUT2D eigenvalue weighted by atomic mass is 35.5. The summed E-state index contributed by atoms with van der Waals surface area (Å²) < 4.78 is 5.23. The molecule has 24 heavy (non-hydrogen) atoms. The Hall–Kier alpha value is -1.66. The van der Waals surface area contributed by atoms with Crippen LogP contribution in [0.2, 0.25) is 10.0 Å². The molecular weight excluding hydrogens is 353 g/mol. The first kappa shape index (κ1) is 18.7. The van der Waals surface area contributed by atoms with Crippen LogP contribution >= 0.6 is 23.2 Å². The van der Waals surface area contributed by atoms with E-state index in [2.05, 4.69) is 5.32 Å². The van der Waals surface area contributed by atoms with Crippen molar-refractivity contribution in [2.75, 3.05) is 33.3 Å². The van der Waals surface area contributed by atoms with Crippen LogP contribution in [0.15, 0.2) is 12.1 Å². The summed E-state index contributed by atoms with van der Waals surface area (Å²) in [5, 5.41) is 3.52. The Balaban J connectivity index is 2.07. The Morgan fingerprint density at radius 1 is 1.12 bits per heavy atom. The molecule has 0 bridgehead atoms. The molecule has 1 aliphatic rings. The van der Waals surface area contributed by atoms with Gasteiger partial charge in [-0.25, -0.2) is 4.79 Å². The molecular formula is C16H21Cl2N3O3. The van der Waals surface area contributed by atoms with Crippen molar-refractivity contribution in [3.63, 3.8) is 0 Å². The van der Waals surface area contributed by atoms with Crippen molar-refractivity contribution in [2.45, 2.75) is 19.9 Å². The van der Waals surface area contributed by atoms with Crippen LogP contribution in [0.4, 0.5) is 4.79 Å². The molecule has 0 saturated carbocycles. The number of carbonyl (C=O) groups is 2. The fourth-order valence-corrected chi connectivity index (χ4v) is 3.12. The van der Waals surface area contributed by atoms with Crippen LogP contribution in [0.1, 0.15) is 24.2 Å². The number of halogens is 2. The third-order valence-corrected chi connectivity index (χ3v) is 4.21. The van der Waals surface area contributed by atoms with E-state index in [-0.39, 0.29) is 18.0 Å². The predicted molar refractivity (Wildman–Crippen MR) is 94.2 cm³/mol. The molecule has 1 aliphatic heterocycles. The minimum Gasteiger partial charge on any atom is -0.494 e. The zero-order valence-corrected chi connectivity index (χ0v) is 15.4. The highest BCUT2D eigenvalue weighted by Crippen LogP contribution is 2.33. The summed E-state index contributed by atoms with van der Waals surface area (Å²) in [4.78, 5) is 28.1. The Morgan fingerprint density at radius 2 is 1.71 bits per heavy atom. The summed E-state index contributed by atoms with van der Waals surface area (Å²) in [6.45, 7) is 5.65. The lowest BCUT2D eigenvalue weighted by atomic mass is 10.1. The summed E-state index contributed by atoms with van der Waals surface area (Å²) in [5.74, 6) is 0.103. The maximum Gasteiger partial charge on any atom is 0.317 e. The lowest BCUT2D eigenvalue weighted by Crippen LogP contribution is -2.54. The SMILES string of the molecule is COc1c(Cl)cc(Cl)cc1C(=O)N1CCN(C(=O)NC(C)C)CC1. The van der Waals surface area contributed by atoms with Crippen molar-refractivity contribution in [1.82, 2.24) is 15.1 Å². The molecule has 1 fully saturated rings. The van der Waals surface area contributed by atoms with E-state index in [1.165, 1.54) is 13.2 Å². The minimum absolute atomic E-state index is 0.0787. The third kappa shape index (κ3) is 4.24. The largest absolute Gasteiger partial charge is 0.494 e. The Morgan fingerprint density at radius 3 is 2.25 bits per heavy atom. The number of hydrogen-bond acceptors (Lipinski definition) is 3. The summed E-state index contributed by atoms with van der Waals surface area (Å²) >= 11 is 12.1. The summed E-state index contributed by atoms with van der Waals surface area (Å²) in [5.41, 5.74) is 0.329. The summed E-state index contributed by atoms with van der Waals surface area (Å²) in [6, 6.07) is 3.05. The Labute approximate surface area is 151 Å². The number of urea groups is 1. The van der Waals surface area contributed by atoms with Gasteiger partial charge in [-0.3, -0.25) is 4.79 Å². The molecule has 0 atom stereocenters. The Bertz CT molecular complexity index is 629. The van der Waals surface area contributed by atoms with Gasteiger partial charge in [0.1, 0.15) is 5.75 Å². The first-order valence-corrected chi connectivity index (χ1v) is 8.46. The van der Waals surface area contributed by atoms with Gasteiger partial charge in [-0.05, 0) is 26.0 Å². The molecule has 0 aromatic heterocycles. The van der Waals surface area contributed by atoms with Crippen LogP contribution in [0, 0.1) is 0 Å². The number of hydrogen-bond donors (Lipinski definition) is 1. The van der Waals surface area contributed by atoms with E-state index in [1.54, 1.807) is 15.9 Å². The molecule has 2 rings (SSSR count). The van der Waals surface area contributed by atoms with Crippen LogP contribution in [0.25, 0.3) is 0 Å². The number of nitrogens with zero attached hydrogens (tertiary/aromatic N) is 2. The zero-order chi connectivity index (χ0) is 17.9. The van der Waals surface area contributed by atoms with E-state index < -0.39 is 0 Å². The maximum atomic E-state index is 12.7. The molecule has 0 unspecified atom stereocenters. The lowest BCUT2D eigenvalue weighted by molar-refractivity contribution is 0.0660. The molecule has 1 saturated heterocycles. The average Bonchev–Trinajstić information content (AvgIpc) is 2.53. The van der Waals surface area contributed by atoms with Gasteiger partial charge in [-0.2, -0.15) is 0 Å². The normalized spacial score (nSPS) is 14.8. The first-order chi connectivity index (χ1) is 11.3. The second-order valence-corrected chi connectivity index (χ2v) is 6.70. The molecule has 3 amide bonds. The van der Waals surface area contributed by atoms with Gasteiger partial charge < -0.3 is 19.9 Å². The number of benzene rings is 1. The van der Waals surface area contributed by atoms with Crippen molar-refractivity contribution >= 4 is 35.1 Å². The van der Waals surface area contributed by atoms with Gasteiger partial charge >= 0.3 is 6.03 Å². The van der Waals surface area contributed by atoms with Crippen molar-refractivity contribution in [3.8, 4) is 5.75 Å². The van der Waals surface area contributed by atoms with E-state index in [4.69, 9.17) is 27.9 Å². The molecule has 0 spiro atoms. The maximum absolute atomic E-state index is 12.7. The van der Waals surface area contributed by atoms with Crippen LogP contribution in [-0.2, 0) is 0 Å². The van der Waals surface area contributed by atoms with Gasteiger partial charge in [-0.1, -0.05) is 23.2 Å². The average molecular weight is 374 g/mol. The number of methoxy groups -OCH3 is 1. The fraction of sp³-hybridized carbons (Fsp3) is 0.500. The predicted octanol–water partition coefficient (Wildman–Crippen LogP) is 2.88. The van der Waals surface area contributed by atoms with E-state index in [9.17, 15) is 9.59 Å². The van der Waals surface area contributed by atoms with Crippen LogP contribution < -0.4 is 10.1 Å². The minimum atomic E-state index is -0.208. The summed E-state index contributed by atoms with van der Waals surface area (Å²) in [7, 11) is 1.46.